The van der Waals surface area contributed by atoms with Gasteiger partial charge in [0.25, 0.3) is 5.91 Å². The Morgan fingerprint density at radius 2 is 1.92 bits per heavy atom. The number of carbonyl (C=O) groups excluding carboxylic acids is 2. The molecule has 3 aromatic carbocycles. The number of carbonyl (C=O) groups is 2. The molecule has 0 spiro atoms. The molecule has 1 atom stereocenters. The van der Waals surface area contributed by atoms with Gasteiger partial charge in [-0.1, -0.05) is 35.2 Å². The van der Waals surface area contributed by atoms with E-state index in [1.807, 2.05) is 0 Å². The third kappa shape index (κ3) is 6.53. The number of amides is 1. The molecule has 0 bridgehead atoms. The zero-order valence-corrected chi connectivity index (χ0v) is 21.0. The predicted octanol–water partition coefficient (Wildman–Crippen LogP) is 5.76. The van der Waals surface area contributed by atoms with Gasteiger partial charge in [-0.2, -0.15) is 0 Å². The van der Waals surface area contributed by atoms with Gasteiger partial charge in [0, 0.05) is 11.3 Å². The summed E-state index contributed by atoms with van der Waals surface area (Å²) in [5, 5.41) is 3.37. The summed E-state index contributed by atoms with van der Waals surface area (Å²) in [7, 11) is 0. The van der Waals surface area contributed by atoms with Crippen molar-refractivity contribution in [3.05, 3.63) is 70.7 Å². The van der Waals surface area contributed by atoms with E-state index < -0.39 is 12.1 Å². The lowest BCUT2D eigenvalue weighted by atomic mass is 10.2. The maximum absolute atomic E-state index is 12.6. The number of ether oxygens (including phenoxy) is 3. The molecule has 1 amide bonds. The highest BCUT2D eigenvalue weighted by atomic mass is 35.5. The lowest BCUT2D eigenvalue weighted by Gasteiger charge is -2.16. The van der Waals surface area contributed by atoms with E-state index in [4.69, 9.17) is 48.3 Å². The van der Waals surface area contributed by atoms with E-state index in [1.165, 1.54) is 0 Å². The van der Waals surface area contributed by atoms with E-state index in [1.54, 1.807) is 67.6 Å². The quantitative estimate of drug-likeness (QED) is 0.213. The van der Waals surface area contributed by atoms with Crippen molar-refractivity contribution >= 4 is 51.9 Å². The number of halogens is 2. The SMILES string of the molecule is C#CCOC(=O)COc1ccc(-c2nc3cc(NC(=O)[C@H](C)Oc4cccc(Cl)c4Cl)ccc3o2)cc1. The first-order chi connectivity index (χ1) is 17.8. The number of aromatic nitrogens is 1. The monoisotopic (exact) mass is 538 g/mol. The van der Waals surface area contributed by atoms with Crippen molar-refractivity contribution in [3.63, 3.8) is 0 Å². The van der Waals surface area contributed by atoms with Crippen molar-refractivity contribution in [3.8, 4) is 35.3 Å². The summed E-state index contributed by atoms with van der Waals surface area (Å²) in [5.74, 6) is 2.44. The summed E-state index contributed by atoms with van der Waals surface area (Å²) in [5.41, 5.74) is 2.31. The van der Waals surface area contributed by atoms with E-state index in [2.05, 4.69) is 16.2 Å². The summed E-state index contributed by atoms with van der Waals surface area (Å²) in [4.78, 5) is 28.6. The first-order valence-electron chi connectivity index (χ1n) is 11.0. The van der Waals surface area contributed by atoms with Crippen LogP contribution in [0.5, 0.6) is 11.5 Å². The van der Waals surface area contributed by atoms with Crippen molar-refractivity contribution in [2.24, 2.45) is 0 Å². The van der Waals surface area contributed by atoms with Crippen LogP contribution in [0.4, 0.5) is 5.69 Å². The number of oxazole rings is 1. The van der Waals surface area contributed by atoms with Crippen LogP contribution in [0.3, 0.4) is 0 Å². The molecule has 0 saturated heterocycles. The Hall–Kier alpha value is -4.19. The average Bonchev–Trinajstić information content (AvgIpc) is 3.32. The largest absolute Gasteiger partial charge is 0.482 e. The second-order valence-corrected chi connectivity index (χ2v) is 8.47. The molecule has 10 heteroatoms. The van der Waals surface area contributed by atoms with Crippen LogP contribution in [0.1, 0.15) is 6.92 Å². The van der Waals surface area contributed by atoms with E-state index in [0.717, 1.165) is 0 Å². The van der Waals surface area contributed by atoms with Crippen LogP contribution in [-0.2, 0) is 14.3 Å². The number of anilines is 1. The van der Waals surface area contributed by atoms with Gasteiger partial charge in [-0.25, -0.2) is 9.78 Å². The Kier molecular flexibility index (Phi) is 8.18. The summed E-state index contributed by atoms with van der Waals surface area (Å²) in [6.45, 7) is 1.25. The van der Waals surface area contributed by atoms with Crippen molar-refractivity contribution in [1.82, 2.24) is 4.98 Å². The van der Waals surface area contributed by atoms with Gasteiger partial charge in [-0.3, -0.25) is 4.79 Å². The molecule has 0 fully saturated rings. The summed E-state index contributed by atoms with van der Waals surface area (Å²) in [6, 6.07) is 16.9. The first-order valence-corrected chi connectivity index (χ1v) is 11.7. The molecule has 0 aliphatic carbocycles. The molecule has 0 unspecified atom stereocenters. The summed E-state index contributed by atoms with van der Waals surface area (Å²) >= 11 is 12.1. The Morgan fingerprint density at radius 3 is 2.68 bits per heavy atom. The third-order valence-corrected chi connectivity index (χ3v) is 5.82. The highest BCUT2D eigenvalue weighted by Gasteiger charge is 2.18. The molecular weight excluding hydrogens is 519 g/mol. The number of hydrogen-bond donors (Lipinski definition) is 1. The molecule has 8 nitrogen and oxygen atoms in total. The number of fused-ring (bicyclic) bond motifs is 1. The summed E-state index contributed by atoms with van der Waals surface area (Å²) < 4.78 is 21.6. The molecule has 188 valence electrons. The minimum atomic E-state index is -0.834. The zero-order valence-electron chi connectivity index (χ0n) is 19.5. The topological polar surface area (TPSA) is 99.9 Å². The Morgan fingerprint density at radius 1 is 1.14 bits per heavy atom. The molecule has 0 radical (unpaired) electrons. The summed E-state index contributed by atoms with van der Waals surface area (Å²) in [6.07, 6.45) is 4.21. The van der Waals surface area contributed by atoms with Gasteiger partial charge in [0.2, 0.25) is 5.89 Å². The third-order valence-electron chi connectivity index (χ3n) is 5.02. The van der Waals surface area contributed by atoms with Crippen LogP contribution in [0, 0.1) is 12.3 Å². The van der Waals surface area contributed by atoms with E-state index >= 15 is 0 Å². The van der Waals surface area contributed by atoms with Crippen LogP contribution in [0.25, 0.3) is 22.6 Å². The average molecular weight is 539 g/mol. The first kappa shape index (κ1) is 25.9. The van der Waals surface area contributed by atoms with Crippen LogP contribution < -0.4 is 14.8 Å². The van der Waals surface area contributed by atoms with Crippen molar-refractivity contribution < 1.29 is 28.2 Å². The Balaban J connectivity index is 1.40. The molecule has 1 heterocycles. The second-order valence-electron chi connectivity index (χ2n) is 7.68. The standard InChI is InChI=1S/C27H20Cl2N2O6/c1-3-13-34-24(32)15-35-19-10-7-17(8-11-19)27-31-21-14-18(9-12-22(21)37-27)30-26(33)16(2)36-23-6-4-5-20(28)25(23)29/h1,4-12,14,16H,13,15H2,2H3,(H,30,33)/t16-/m0/s1. The van der Waals surface area contributed by atoms with Gasteiger partial charge >= 0.3 is 5.97 Å². The van der Waals surface area contributed by atoms with Crippen LogP contribution in [0.2, 0.25) is 10.0 Å². The van der Waals surface area contributed by atoms with E-state index in [9.17, 15) is 9.59 Å². The number of nitrogens with one attached hydrogen (secondary N) is 1. The molecule has 1 N–H and O–H groups in total. The van der Waals surface area contributed by atoms with Gasteiger partial charge in [0.15, 0.2) is 24.9 Å². The minimum absolute atomic E-state index is 0.102. The fraction of sp³-hybridized carbons (Fsp3) is 0.148. The van der Waals surface area contributed by atoms with Crippen LogP contribution in [0.15, 0.2) is 65.1 Å². The number of esters is 1. The molecule has 4 rings (SSSR count). The molecule has 4 aromatic rings. The number of benzene rings is 3. The zero-order chi connectivity index (χ0) is 26.4. The van der Waals surface area contributed by atoms with Gasteiger partial charge in [0.05, 0.1) is 5.02 Å². The van der Waals surface area contributed by atoms with Crippen molar-refractivity contribution in [1.29, 1.82) is 0 Å². The molecule has 37 heavy (non-hydrogen) atoms. The number of rotatable bonds is 9. The molecule has 0 aliphatic rings. The fourth-order valence-corrected chi connectivity index (χ4v) is 3.53. The smallest absolute Gasteiger partial charge is 0.345 e. The lowest BCUT2D eigenvalue weighted by molar-refractivity contribution is -0.144. The van der Waals surface area contributed by atoms with Crippen molar-refractivity contribution in [2.75, 3.05) is 18.5 Å². The second kappa shape index (κ2) is 11.7. The maximum Gasteiger partial charge on any atom is 0.345 e. The van der Waals surface area contributed by atoms with E-state index in [-0.39, 0.29) is 24.1 Å². The van der Waals surface area contributed by atoms with E-state index in [0.29, 0.717) is 44.8 Å². The minimum Gasteiger partial charge on any atom is -0.482 e. The molecule has 1 aromatic heterocycles. The number of hydrogen-bond acceptors (Lipinski definition) is 7. The van der Waals surface area contributed by atoms with Gasteiger partial charge < -0.3 is 23.9 Å². The lowest BCUT2D eigenvalue weighted by Crippen LogP contribution is -2.30. The Labute approximate surface area is 222 Å². The molecule has 0 aliphatic heterocycles. The van der Waals surface area contributed by atoms with Crippen LogP contribution >= 0.6 is 23.2 Å². The predicted molar refractivity (Wildman–Crippen MR) is 140 cm³/mol. The van der Waals surface area contributed by atoms with Crippen molar-refractivity contribution in [2.45, 2.75) is 13.0 Å². The number of nitrogens with zero attached hydrogens (tertiary/aromatic N) is 1. The molecule has 0 saturated carbocycles. The van der Waals surface area contributed by atoms with Gasteiger partial charge in [-0.05, 0) is 61.5 Å². The fourth-order valence-electron chi connectivity index (χ4n) is 3.19. The Bertz CT molecular complexity index is 1480. The van der Waals surface area contributed by atoms with Gasteiger partial charge in [0.1, 0.15) is 22.0 Å². The molecular formula is C27H20Cl2N2O6. The van der Waals surface area contributed by atoms with Crippen LogP contribution in [-0.4, -0.2) is 36.2 Å². The maximum atomic E-state index is 12.6. The number of terminal acetylenes is 1. The highest BCUT2D eigenvalue weighted by Crippen LogP contribution is 2.32. The highest BCUT2D eigenvalue weighted by molar-refractivity contribution is 6.42. The normalized spacial score (nSPS) is 11.4. The van der Waals surface area contributed by atoms with Gasteiger partial charge in [-0.15, -0.1) is 6.42 Å².